The Bertz CT molecular complexity index is 577. The van der Waals surface area contributed by atoms with E-state index in [1.807, 2.05) is 27.0 Å². The number of aryl methyl sites for hydroxylation is 3. The molecule has 0 aliphatic carbocycles. The van der Waals surface area contributed by atoms with E-state index in [9.17, 15) is 0 Å². The summed E-state index contributed by atoms with van der Waals surface area (Å²) in [6, 6.07) is 1.84. The second-order valence-corrected chi connectivity index (χ2v) is 4.04. The minimum atomic E-state index is 0.471. The van der Waals surface area contributed by atoms with Gasteiger partial charge in [0.15, 0.2) is 0 Å². The molecule has 0 saturated carbocycles. The van der Waals surface area contributed by atoms with Crippen molar-refractivity contribution in [2.75, 3.05) is 5.43 Å². The second-order valence-electron chi connectivity index (χ2n) is 4.04. The maximum Gasteiger partial charge on any atom is 0.229 e. The molecule has 2 aromatic rings. The molecule has 0 aliphatic rings. The van der Waals surface area contributed by atoms with Gasteiger partial charge in [0.05, 0.1) is 11.3 Å². The Kier molecular flexibility index (Phi) is 3.15. The number of anilines is 1. The number of nitrogens with two attached hydrogens (primary N) is 1. The smallest absolute Gasteiger partial charge is 0.229 e. The van der Waals surface area contributed by atoms with Gasteiger partial charge in [-0.15, -0.1) is 0 Å². The highest BCUT2D eigenvalue weighted by Crippen LogP contribution is 2.26. The summed E-state index contributed by atoms with van der Waals surface area (Å²) >= 11 is 0. The van der Waals surface area contributed by atoms with Crippen LogP contribution < -0.4 is 16.0 Å². The van der Waals surface area contributed by atoms with Crippen LogP contribution >= 0.6 is 0 Å². The summed E-state index contributed by atoms with van der Waals surface area (Å²) in [6.07, 6.45) is 0. The predicted octanol–water partition coefficient (Wildman–Crippen LogP) is 1.21. The van der Waals surface area contributed by atoms with Crippen molar-refractivity contribution in [1.82, 2.24) is 19.7 Å². The van der Waals surface area contributed by atoms with Crippen LogP contribution in [0.1, 0.15) is 17.1 Å². The van der Waals surface area contributed by atoms with E-state index in [0.29, 0.717) is 23.4 Å². The van der Waals surface area contributed by atoms with E-state index in [1.54, 1.807) is 11.6 Å². The highest BCUT2D eigenvalue weighted by atomic mass is 16.5. The molecule has 0 aliphatic heterocycles. The molecule has 2 aromatic heterocycles. The molecule has 0 radical (unpaired) electrons. The average molecular weight is 248 g/mol. The monoisotopic (exact) mass is 248 g/mol. The van der Waals surface area contributed by atoms with Crippen molar-refractivity contribution >= 4 is 5.82 Å². The number of hydrogen-bond donors (Lipinski definition) is 2. The Morgan fingerprint density at radius 3 is 2.56 bits per heavy atom. The lowest BCUT2D eigenvalue weighted by molar-refractivity contribution is 0.410. The highest BCUT2D eigenvalue weighted by Gasteiger charge is 2.12. The first-order valence-electron chi connectivity index (χ1n) is 5.51. The maximum absolute atomic E-state index is 5.74. The first-order chi connectivity index (χ1) is 8.51. The molecular formula is C11H16N6O. The number of ether oxygens (including phenoxy) is 1. The van der Waals surface area contributed by atoms with Crippen molar-refractivity contribution in [3.63, 3.8) is 0 Å². The number of hydrazine groups is 1. The van der Waals surface area contributed by atoms with E-state index in [1.165, 1.54) is 0 Å². The van der Waals surface area contributed by atoms with Crippen LogP contribution in [-0.4, -0.2) is 19.7 Å². The molecule has 7 heteroatoms. The summed E-state index contributed by atoms with van der Waals surface area (Å²) in [6.45, 7) is 5.52. The number of aromatic nitrogens is 4. The van der Waals surface area contributed by atoms with Crippen LogP contribution in [0.4, 0.5) is 5.82 Å². The van der Waals surface area contributed by atoms with Crippen molar-refractivity contribution in [3.05, 3.63) is 23.1 Å². The van der Waals surface area contributed by atoms with Crippen molar-refractivity contribution in [2.45, 2.75) is 20.8 Å². The van der Waals surface area contributed by atoms with Crippen LogP contribution in [0.5, 0.6) is 11.8 Å². The van der Waals surface area contributed by atoms with Gasteiger partial charge >= 0.3 is 0 Å². The van der Waals surface area contributed by atoms with Crippen LogP contribution in [0.25, 0.3) is 0 Å². The van der Waals surface area contributed by atoms with Gasteiger partial charge in [0, 0.05) is 13.1 Å². The summed E-state index contributed by atoms with van der Waals surface area (Å²) < 4.78 is 7.39. The predicted molar refractivity (Wildman–Crippen MR) is 67.3 cm³/mol. The molecule has 7 nitrogen and oxygen atoms in total. The SMILES string of the molecule is Cc1cc(Oc2nc(C)nc(NN)c2C)n(C)n1. The minimum Gasteiger partial charge on any atom is -0.420 e. The summed E-state index contributed by atoms with van der Waals surface area (Å²) in [5.74, 6) is 7.63. The number of nitrogens with zero attached hydrogens (tertiary/aromatic N) is 4. The van der Waals surface area contributed by atoms with Gasteiger partial charge in [-0.2, -0.15) is 10.1 Å². The second kappa shape index (κ2) is 4.61. The topological polar surface area (TPSA) is 90.9 Å². The molecule has 0 spiro atoms. The molecule has 0 saturated heterocycles. The fourth-order valence-corrected chi connectivity index (χ4v) is 1.62. The third kappa shape index (κ3) is 2.25. The first-order valence-corrected chi connectivity index (χ1v) is 5.51. The zero-order valence-corrected chi connectivity index (χ0v) is 10.9. The fourth-order valence-electron chi connectivity index (χ4n) is 1.62. The molecular weight excluding hydrogens is 232 g/mol. The molecule has 96 valence electrons. The van der Waals surface area contributed by atoms with Crippen molar-refractivity contribution in [2.24, 2.45) is 12.9 Å². The van der Waals surface area contributed by atoms with Crippen molar-refractivity contribution < 1.29 is 4.74 Å². The van der Waals surface area contributed by atoms with Gasteiger partial charge in [0.1, 0.15) is 11.6 Å². The lowest BCUT2D eigenvalue weighted by Crippen LogP contribution is -2.12. The van der Waals surface area contributed by atoms with E-state index in [4.69, 9.17) is 10.6 Å². The van der Waals surface area contributed by atoms with Gasteiger partial charge in [0.2, 0.25) is 11.8 Å². The average Bonchev–Trinajstić information content (AvgIpc) is 2.62. The summed E-state index contributed by atoms with van der Waals surface area (Å²) in [5, 5.41) is 4.21. The van der Waals surface area contributed by atoms with E-state index in [2.05, 4.69) is 20.5 Å². The molecule has 0 unspecified atom stereocenters. The lowest BCUT2D eigenvalue weighted by Gasteiger charge is -2.11. The van der Waals surface area contributed by atoms with Crippen LogP contribution in [-0.2, 0) is 7.05 Å². The Balaban J connectivity index is 2.40. The highest BCUT2D eigenvalue weighted by molar-refractivity contribution is 5.48. The molecule has 18 heavy (non-hydrogen) atoms. The first kappa shape index (κ1) is 12.3. The Hall–Kier alpha value is -2.15. The van der Waals surface area contributed by atoms with Crippen molar-refractivity contribution in [1.29, 1.82) is 0 Å². The summed E-state index contributed by atoms with van der Waals surface area (Å²) in [5.41, 5.74) is 4.16. The van der Waals surface area contributed by atoms with E-state index in [-0.39, 0.29) is 0 Å². The van der Waals surface area contributed by atoms with Crippen LogP contribution in [0.3, 0.4) is 0 Å². The molecule has 0 amide bonds. The third-order valence-electron chi connectivity index (χ3n) is 2.51. The molecule has 2 heterocycles. The summed E-state index contributed by atoms with van der Waals surface area (Å²) in [7, 11) is 1.81. The van der Waals surface area contributed by atoms with E-state index >= 15 is 0 Å². The lowest BCUT2D eigenvalue weighted by atomic mass is 10.3. The molecule has 3 N–H and O–H groups in total. The Labute approximate surface area is 105 Å². The van der Waals surface area contributed by atoms with Crippen LogP contribution in [0.15, 0.2) is 6.07 Å². The zero-order chi connectivity index (χ0) is 13.3. The number of nitrogen functional groups attached to an aromatic ring is 1. The van der Waals surface area contributed by atoms with Gasteiger partial charge in [-0.1, -0.05) is 0 Å². The fraction of sp³-hybridized carbons (Fsp3) is 0.364. The molecule has 2 rings (SSSR count). The normalized spacial score (nSPS) is 10.5. The van der Waals surface area contributed by atoms with Crippen molar-refractivity contribution in [3.8, 4) is 11.8 Å². The van der Waals surface area contributed by atoms with Crippen LogP contribution in [0.2, 0.25) is 0 Å². The van der Waals surface area contributed by atoms with Gasteiger partial charge in [-0.25, -0.2) is 15.5 Å². The standard InChI is InChI=1S/C11H16N6O/c1-6-5-9(17(4)16-6)18-11-7(2)10(15-12)13-8(3)14-11/h5H,12H2,1-4H3,(H,13,14,15). The van der Waals surface area contributed by atoms with Gasteiger partial charge in [-0.3, -0.25) is 0 Å². The molecule has 0 atom stereocenters. The van der Waals surface area contributed by atoms with Gasteiger partial charge in [0.25, 0.3) is 0 Å². The zero-order valence-electron chi connectivity index (χ0n) is 10.9. The van der Waals surface area contributed by atoms with Crippen LogP contribution in [0, 0.1) is 20.8 Å². The molecule has 0 bridgehead atoms. The maximum atomic E-state index is 5.74. The quantitative estimate of drug-likeness (QED) is 0.626. The van der Waals surface area contributed by atoms with Gasteiger partial charge in [-0.05, 0) is 20.8 Å². The van der Waals surface area contributed by atoms with E-state index in [0.717, 1.165) is 11.3 Å². The minimum absolute atomic E-state index is 0.471. The summed E-state index contributed by atoms with van der Waals surface area (Å²) in [4.78, 5) is 8.43. The third-order valence-corrected chi connectivity index (χ3v) is 2.51. The molecule has 0 fully saturated rings. The number of hydrogen-bond acceptors (Lipinski definition) is 6. The largest absolute Gasteiger partial charge is 0.420 e. The Morgan fingerprint density at radius 1 is 1.28 bits per heavy atom. The number of nitrogens with one attached hydrogen (secondary N) is 1. The van der Waals surface area contributed by atoms with E-state index < -0.39 is 0 Å². The Morgan fingerprint density at radius 2 is 2.00 bits per heavy atom. The number of rotatable bonds is 3. The van der Waals surface area contributed by atoms with Gasteiger partial charge < -0.3 is 10.2 Å². The molecule has 0 aromatic carbocycles.